The van der Waals surface area contributed by atoms with Crippen LogP contribution in [-0.2, 0) is 6.42 Å². The lowest BCUT2D eigenvalue weighted by molar-refractivity contribution is 0.689. The van der Waals surface area contributed by atoms with E-state index in [4.69, 9.17) is 5.73 Å². The highest BCUT2D eigenvalue weighted by Crippen LogP contribution is 2.27. The molecule has 2 heteroatoms. The lowest BCUT2D eigenvalue weighted by Gasteiger charge is -2.11. The molecule has 1 aliphatic rings. The van der Waals surface area contributed by atoms with Gasteiger partial charge in [0.2, 0.25) is 0 Å². The third kappa shape index (κ3) is 1.75. The molecular formula is C12H18N2. The van der Waals surface area contributed by atoms with E-state index in [1.807, 2.05) is 0 Å². The van der Waals surface area contributed by atoms with E-state index in [0.717, 1.165) is 19.5 Å². The van der Waals surface area contributed by atoms with Crippen LogP contribution in [0.4, 0.5) is 5.69 Å². The number of benzene rings is 1. The molecule has 2 rings (SSSR count). The summed E-state index contributed by atoms with van der Waals surface area (Å²) in [5, 5.41) is 3.37. The van der Waals surface area contributed by atoms with Crippen LogP contribution in [0.5, 0.6) is 0 Å². The molecule has 1 unspecified atom stereocenters. The van der Waals surface area contributed by atoms with Crippen LogP contribution in [0.3, 0.4) is 0 Å². The van der Waals surface area contributed by atoms with Crippen molar-refractivity contribution in [1.29, 1.82) is 0 Å². The summed E-state index contributed by atoms with van der Waals surface area (Å²) in [6, 6.07) is 6.75. The minimum Gasteiger partial charge on any atom is -0.384 e. The quantitative estimate of drug-likeness (QED) is 0.766. The van der Waals surface area contributed by atoms with Crippen LogP contribution in [0.2, 0.25) is 0 Å². The van der Waals surface area contributed by atoms with Crippen molar-refractivity contribution in [2.75, 3.05) is 18.4 Å². The molecule has 0 aliphatic carbocycles. The first-order valence-electron chi connectivity index (χ1n) is 5.38. The van der Waals surface area contributed by atoms with Gasteiger partial charge in [0.15, 0.2) is 0 Å². The average Bonchev–Trinajstić information content (AvgIpc) is 2.64. The molecule has 0 saturated carbocycles. The van der Waals surface area contributed by atoms with E-state index in [9.17, 15) is 0 Å². The molecule has 1 heterocycles. The van der Waals surface area contributed by atoms with Gasteiger partial charge in [-0.25, -0.2) is 0 Å². The van der Waals surface area contributed by atoms with Crippen molar-refractivity contribution in [3.05, 3.63) is 29.3 Å². The van der Waals surface area contributed by atoms with Crippen LogP contribution in [0.1, 0.15) is 30.4 Å². The summed E-state index contributed by atoms with van der Waals surface area (Å²) in [4.78, 5) is 0. The molecule has 1 aromatic rings. The summed E-state index contributed by atoms with van der Waals surface area (Å²) in [7, 11) is 0. The molecule has 0 aromatic heterocycles. The highest BCUT2D eigenvalue weighted by Gasteiger charge is 2.12. The summed E-state index contributed by atoms with van der Waals surface area (Å²) in [5.74, 6) is 0.589. The van der Waals surface area contributed by atoms with E-state index in [1.54, 1.807) is 0 Å². The molecule has 0 bridgehead atoms. The first-order valence-corrected chi connectivity index (χ1v) is 5.38. The van der Waals surface area contributed by atoms with Gasteiger partial charge in [0, 0.05) is 12.2 Å². The Morgan fingerprint density at radius 3 is 3.14 bits per heavy atom. The maximum Gasteiger partial charge on any atom is 0.0373 e. The summed E-state index contributed by atoms with van der Waals surface area (Å²) < 4.78 is 0. The van der Waals surface area contributed by atoms with E-state index in [1.165, 1.54) is 23.2 Å². The van der Waals surface area contributed by atoms with Crippen molar-refractivity contribution in [2.45, 2.75) is 25.7 Å². The zero-order valence-electron chi connectivity index (χ0n) is 8.72. The van der Waals surface area contributed by atoms with Crippen molar-refractivity contribution in [1.82, 2.24) is 0 Å². The summed E-state index contributed by atoms with van der Waals surface area (Å²) in [5.41, 5.74) is 9.77. The number of hydrogen-bond acceptors (Lipinski definition) is 2. The minimum absolute atomic E-state index is 0.589. The van der Waals surface area contributed by atoms with Crippen LogP contribution < -0.4 is 11.1 Å². The Morgan fingerprint density at radius 2 is 2.36 bits per heavy atom. The predicted octanol–water partition coefficient (Wildman–Crippen LogP) is 2.11. The van der Waals surface area contributed by atoms with Crippen LogP contribution in [-0.4, -0.2) is 13.1 Å². The molecule has 3 N–H and O–H groups in total. The number of fused-ring (bicyclic) bond motifs is 1. The van der Waals surface area contributed by atoms with Gasteiger partial charge in [0.05, 0.1) is 0 Å². The fourth-order valence-corrected chi connectivity index (χ4v) is 2.05. The Labute approximate surface area is 85.5 Å². The first-order chi connectivity index (χ1) is 6.81. The molecule has 14 heavy (non-hydrogen) atoms. The Hall–Kier alpha value is -1.02. The van der Waals surface area contributed by atoms with Crippen LogP contribution in [0.15, 0.2) is 18.2 Å². The molecular weight excluding hydrogens is 172 g/mol. The Balaban J connectivity index is 2.19. The number of nitrogens with one attached hydrogen (secondary N) is 1. The van der Waals surface area contributed by atoms with E-state index < -0.39 is 0 Å². The maximum atomic E-state index is 5.57. The topological polar surface area (TPSA) is 38.0 Å². The number of anilines is 1. The molecule has 0 amide bonds. The van der Waals surface area contributed by atoms with Gasteiger partial charge in [-0.3, -0.25) is 0 Å². The van der Waals surface area contributed by atoms with E-state index in [-0.39, 0.29) is 0 Å². The molecule has 1 aliphatic heterocycles. The predicted molar refractivity (Wildman–Crippen MR) is 60.7 cm³/mol. The maximum absolute atomic E-state index is 5.57. The van der Waals surface area contributed by atoms with Gasteiger partial charge in [-0.05, 0) is 42.5 Å². The van der Waals surface area contributed by atoms with Crippen molar-refractivity contribution < 1.29 is 0 Å². The third-order valence-corrected chi connectivity index (χ3v) is 3.01. The van der Waals surface area contributed by atoms with Gasteiger partial charge >= 0.3 is 0 Å². The van der Waals surface area contributed by atoms with Gasteiger partial charge in [-0.2, -0.15) is 0 Å². The molecule has 0 radical (unpaired) electrons. The largest absolute Gasteiger partial charge is 0.384 e. The highest BCUT2D eigenvalue weighted by molar-refractivity contribution is 5.56. The molecule has 1 atom stereocenters. The highest BCUT2D eigenvalue weighted by atomic mass is 14.9. The lowest BCUT2D eigenvalue weighted by atomic mass is 9.95. The first kappa shape index (κ1) is 9.53. The number of rotatable bonds is 3. The monoisotopic (exact) mass is 190 g/mol. The minimum atomic E-state index is 0.589. The van der Waals surface area contributed by atoms with Crippen molar-refractivity contribution in [3.8, 4) is 0 Å². The number of hydrogen-bond donors (Lipinski definition) is 2. The number of nitrogens with two attached hydrogens (primary N) is 1. The second-order valence-electron chi connectivity index (χ2n) is 4.07. The summed E-state index contributed by atoms with van der Waals surface area (Å²) in [6.45, 7) is 4.11. The fraction of sp³-hybridized carbons (Fsp3) is 0.500. The second kappa shape index (κ2) is 4.01. The van der Waals surface area contributed by atoms with Crippen LogP contribution >= 0.6 is 0 Å². The standard InChI is InChI=1S/C12H18N2/c1-9(4-6-13)10-2-3-12-11(8-10)5-7-14-12/h2-3,8-9,14H,4-7,13H2,1H3. The van der Waals surface area contributed by atoms with Gasteiger partial charge in [0.1, 0.15) is 0 Å². The molecule has 1 aromatic carbocycles. The lowest BCUT2D eigenvalue weighted by Crippen LogP contribution is -2.04. The van der Waals surface area contributed by atoms with Gasteiger partial charge in [-0.1, -0.05) is 19.1 Å². The molecule has 0 fully saturated rings. The van der Waals surface area contributed by atoms with Crippen LogP contribution in [0.25, 0.3) is 0 Å². The van der Waals surface area contributed by atoms with E-state index >= 15 is 0 Å². The molecule has 0 spiro atoms. The fourth-order valence-electron chi connectivity index (χ4n) is 2.05. The van der Waals surface area contributed by atoms with E-state index in [0.29, 0.717) is 5.92 Å². The molecule has 0 saturated heterocycles. The molecule has 76 valence electrons. The third-order valence-electron chi connectivity index (χ3n) is 3.01. The zero-order valence-corrected chi connectivity index (χ0v) is 8.72. The average molecular weight is 190 g/mol. The summed E-state index contributed by atoms with van der Waals surface area (Å²) in [6.07, 6.45) is 2.24. The zero-order chi connectivity index (χ0) is 9.97. The summed E-state index contributed by atoms with van der Waals surface area (Å²) >= 11 is 0. The van der Waals surface area contributed by atoms with E-state index in [2.05, 4.69) is 30.4 Å². The SMILES string of the molecule is CC(CCN)c1ccc2c(c1)CCN2. The van der Waals surface area contributed by atoms with Gasteiger partial charge < -0.3 is 11.1 Å². The normalized spacial score (nSPS) is 16.1. The van der Waals surface area contributed by atoms with Crippen molar-refractivity contribution in [2.24, 2.45) is 5.73 Å². The Morgan fingerprint density at radius 1 is 1.50 bits per heavy atom. The Bertz CT molecular complexity index is 320. The molecule has 2 nitrogen and oxygen atoms in total. The van der Waals surface area contributed by atoms with Crippen molar-refractivity contribution >= 4 is 5.69 Å². The van der Waals surface area contributed by atoms with Crippen molar-refractivity contribution in [3.63, 3.8) is 0 Å². The van der Waals surface area contributed by atoms with Gasteiger partial charge in [0.25, 0.3) is 0 Å². The smallest absolute Gasteiger partial charge is 0.0373 e. The van der Waals surface area contributed by atoms with Crippen LogP contribution in [0, 0.1) is 0 Å². The second-order valence-corrected chi connectivity index (χ2v) is 4.07. The Kier molecular flexibility index (Phi) is 2.73. The van der Waals surface area contributed by atoms with Gasteiger partial charge in [-0.15, -0.1) is 0 Å².